The molecule has 6 nitrogen and oxygen atoms in total. The van der Waals surface area contributed by atoms with Crippen LogP contribution in [0, 0.1) is 6.92 Å². The Bertz CT molecular complexity index is 1280. The smallest absolute Gasteiger partial charge is 0.262 e. The van der Waals surface area contributed by atoms with Gasteiger partial charge in [-0.2, -0.15) is 0 Å². The predicted octanol–water partition coefficient (Wildman–Crippen LogP) is 4.90. The number of benzene rings is 3. The fourth-order valence-corrected chi connectivity index (χ4v) is 5.26. The maximum atomic E-state index is 12.7. The third-order valence-electron chi connectivity index (χ3n) is 3.88. The van der Waals surface area contributed by atoms with Crippen molar-refractivity contribution < 1.29 is 16.8 Å². The van der Waals surface area contributed by atoms with Crippen molar-refractivity contribution >= 4 is 54.6 Å². The summed E-state index contributed by atoms with van der Waals surface area (Å²) >= 11 is 11.8. The topological polar surface area (TPSA) is 92.3 Å². The van der Waals surface area contributed by atoms with Crippen LogP contribution in [-0.2, 0) is 20.0 Å². The first-order chi connectivity index (χ1) is 13.6. The lowest BCUT2D eigenvalue weighted by atomic mass is 10.2. The van der Waals surface area contributed by atoms with Crippen LogP contribution < -0.4 is 9.44 Å². The molecule has 0 aliphatic carbocycles. The summed E-state index contributed by atoms with van der Waals surface area (Å²) in [5.74, 6) is 0. The summed E-state index contributed by atoms with van der Waals surface area (Å²) in [7, 11) is -7.98. The maximum absolute atomic E-state index is 12.7. The molecular formula is C19H16Cl2N2O4S2. The second-order valence-corrected chi connectivity index (χ2v) is 10.4. The summed E-state index contributed by atoms with van der Waals surface area (Å²) in [6, 6.07) is 16.2. The highest BCUT2D eigenvalue weighted by molar-refractivity contribution is 7.93. The van der Waals surface area contributed by atoms with Crippen molar-refractivity contribution in [1.82, 2.24) is 0 Å². The van der Waals surface area contributed by atoms with Gasteiger partial charge in [0.05, 0.1) is 21.2 Å². The summed E-state index contributed by atoms with van der Waals surface area (Å²) < 4.78 is 55.7. The second-order valence-electron chi connectivity index (χ2n) is 6.17. The molecule has 0 bridgehead atoms. The van der Waals surface area contributed by atoms with Crippen LogP contribution in [0.15, 0.2) is 76.5 Å². The Morgan fingerprint density at radius 1 is 0.655 bits per heavy atom. The zero-order valence-corrected chi connectivity index (χ0v) is 18.2. The first kappa shape index (κ1) is 21.4. The standard InChI is InChI=1S/C19H16Cl2N2O4S2/c1-13-8-9-18(22-28(24,25)16-6-2-4-14(20)11-16)19(10-13)23-29(26,27)17-7-3-5-15(21)12-17/h2-12,22-23H,1H3. The molecule has 29 heavy (non-hydrogen) atoms. The normalized spacial score (nSPS) is 11.8. The van der Waals surface area contributed by atoms with Crippen LogP contribution in [0.2, 0.25) is 10.0 Å². The van der Waals surface area contributed by atoms with E-state index in [1.807, 2.05) is 0 Å². The van der Waals surface area contributed by atoms with Crippen molar-refractivity contribution in [2.24, 2.45) is 0 Å². The van der Waals surface area contributed by atoms with E-state index in [1.54, 1.807) is 25.1 Å². The van der Waals surface area contributed by atoms with Gasteiger partial charge in [0.25, 0.3) is 20.0 Å². The molecule has 0 spiro atoms. The molecule has 0 radical (unpaired) electrons. The van der Waals surface area contributed by atoms with E-state index >= 15 is 0 Å². The van der Waals surface area contributed by atoms with Crippen molar-refractivity contribution in [1.29, 1.82) is 0 Å². The molecule has 0 atom stereocenters. The van der Waals surface area contributed by atoms with Gasteiger partial charge < -0.3 is 0 Å². The lowest BCUT2D eigenvalue weighted by Crippen LogP contribution is -2.17. The first-order valence-electron chi connectivity index (χ1n) is 8.24. The van der Waals surface area contributed by atoms with Gasteiger partial charge in [0, 0.05) is 10.0 Å². The highest BCUT2D eigenvalue weighted by Crippen LogP contribution is 2.29. The van der Waals surface area contributed by atoms with Gasteiger partial charge in [0.1, 0.15) is 0 Å². The summed E-state index contributed by atoms with van der Waals surface area (Å²) in [6.45, 7) is 1.76. The van der Waals surface area contributed by atoms with E-state index in [1.165, 1.54) is 48.5 Å². The molecule has 0 saturated carbocycles. The monoisotopic (exact) mass is 470 g/mol. The van der Waals surface area contributed by atoms with Gasteiger partial charge in [0.2, 0.25) is 0 Å². The van der Waals surface area contributed by atoms with Crippen molar-refractivity contribution in [3.05, 3.63) is 82.3 Å². The van der Waals surface area contributed by atoms with Crippen LogP contribution in [-0.4, -0.2) is 16.8 Å². The summed E-state index contributed by atoms with van der Waals surface area (Å²) in [4.78, 5) is -0.0932. The number of rotatable bonds is 6. The number of hydrogen-bond acceptors (Lipinski definition) is 4. The Labute approximate surface area is 179 Å². The van der Waals surface area contributed by atoms with Gasteiger partial charge in [-0.05, 0) is 61.0 Å². The van der Waals surface area contributed by atoms with Crippen LogP contribution in [0.25, 0.3) is 0 Å². The lowest BCUT2D eigenvalue weighted by Gasteiger charge is -2.15. The minimum absolute atomic E-state index is 0.0462. The molecule has 3 aromatic rings. The van der Waals surface area contributed by atoms with E-state index in [0.29, 0.717) is 0 Å². The van der Waals surface area contributed by atoms with Crippen LogP contribution in [0.1, 0.15) is 5.56 Å². The summed E-state index contributed by atoms with van der Waals surface area (Å²) in [5.41, 5.74) is 0.885. The Morgan fingerprint density at radius 3 is 1.62 bits per heavy atom. The van der Waals surface area contributed by atoms with Gasteiger partial charge in [-0.25, -0.2) is 16.8 Å². The zero-order valence-electron chi connectivity index (χ0n) is 15.1. The maximum Gasteiger partial charge on any atom is 0.262 e. The highest BCUT2D eigenvalue weighted by atomic mass is 35.5. The van der Waals surface area contributed by atoms with Crippen molar-refractivity contribution in [2.45, 2.75) is 16.7 Å². The Hall–Kier alpha value is -2.26. The van der Waals surface area contributed by atoms with E-state index in [-0.39, 0.29) is 31.2 Å². The molecule has 0 amide bonds. The lowest BCUT2D eigenvalue weighted by molar-refractivity contribution is 0.599. The number of halogens is 2. The molecule has 0 heterocycles. The average molecular weight is 471 g/mol. The summed E-state index contributed by atoms with van der Waals surface area (Å²) in [6.07, 6.45) is 0. The number of sulfonamides is 2. The molecule has 2 N–H and O–H groups in total. The predicted molar refractivity (Wildman–Crippen MR) is 116 cm³/mol. The number of hydrogen-bond donors (Lipinski definition) is 2. The Kier molecular flexibility index (Phi) is 6.09. The third kappa shape index (κ3) is 5.22. The molecule has 10 heteroatoms. The van der Waals surface area contributed by atoms with Gasteiger partial charge in [-0.15, -0.1) is 0 Å². The number of anilines is 2. The van der Waals surface area contributed by atoms with Crippen molar-refractivity contribution in [3.63, 3.8) is 0 Å². The van der Waals surface area contributed by atoms with E-state index in [9.17, 15) is 16.8 Å². The molecule has 3 aromatic carbocycles. The van der Waals surface area contributed by atoms with E-state index < -0.39 is 20.0 Å². The minimum atomic E-state index is -3.99. The van der Waals surface area contributed by atoms with Gasteiger partial charge >= 0.3 is 0 Å². The molecule has 0 unspecified atom stereocenters. The Morgan fingerprint density at radius 2 is 1.14 bits per heavy atom. The number of aryl methyl sites for hydroxylation is 1. The highest BCUT2D eigenvalue weighted by Gasteiger charge is 2.20. The van der Waals surface area contributed by atoms with Crippen LogP contribution >= 0.6 is 23.2 Å². The van der Waals surface area contributed by atoms with Crippen molar-refractivity contribution in [3.8, 4) is 0 Å². The quantitative estimate of drug-likeness (QED) is 0.535. The van der Waals surface area contributed by atoms with E-state index in [4.69, 9.17) is 23.2 Å². The van der Waals surface area contributed by atoms with E-state index in [2.05, 4.69) is 9.44 Å². The zero-order chi connectivity index (χ0) is 21.2. The molecule has 3 rings (SSSR count). The fourth-order valence-electron chi connectivity index (χ4n) is 2.51. The fraction of sp³-hybridized carbons (Fsp3) is 0.0526. The van der Waals surface area contributed by atoms with Crippen LogP contribution in [0.3, 0.4) is 0 Å². The largest absolute Gasteiger partial charge is 0.277 e. The first-order valence-corrected chi connectivity index (χ1v) is 12.0. The van der Waals surface area contributed by atoms with E-state index in [0.717, 1.165) is 5.56 Å². The minimum Gasteiger partial charge on any atom is -0.277 e. The SMILES string of the molecule is Cc1ccc(NS(=O)(=O)c2cccc(Cl)c2)c(NS(=O)(=O)c2cccc(Cl)c2)c1. The van der Waals surface area contributed by atoms with Gasteiger partial charge in [0.15, 0.2) is 0 Å². The van der Waals surface area contributed by atoms with Crippen molar-refractivity contribution in [2.75, 3.05) is 9.44 Å². The third-order valence-corrected chi connectivity index (χ3v) is 7.07. The molecule has 0 aromatic heterocycles. The molecule has 0 saturated heterocycles. The Balaban J connectivity index is 1.98. The second kappa shape index (κ2) is 8.23. The average Bonchev–Trinajstić information content (AvgIpc) is 2.64. The van der Waals surface area contributed by atoms with Crippen LogP contribution in [0.4, 0.5) is 11.4 Å². The molecular weight excluding hydrogens is 455 g/mol. The van der Waals surface area contributed by atoms with Gasteiger partial charge in [-0.1, -0.05) is 41.4 Å². The van der Waals surface area contributed by atoms with Crippen LogP contribution in [0.5, 0.6) is 0 Å². The molecule has 0 fully saturated rings. The molecule has 152 valence electrons. The van der Waals surface area contributed by atoms with Gasteiger partial charge in [-0.3, -0.25) is 9.44 Å². The molecule has 0 aliphatic rings. The molecule has 0 aliphatic heterocycles. The number of nitrogens with one attached hydrogen (secondary N) is 2. The summed E-state index contributed by atoms with van der Waals surface area (Å²) in [5, 5.41) is 0.526.